The molecule has 1 N–H and O–H groups in total. The smallest absolute Gasteiger partial charge is 0.333 e. The van der Waals surface area contributed by atoms with Crippen molar-refractivity contribution in [2.45, 2.75) is 13.0 Å². The number of hydrogen-bond acceptors (Lipinski definition) is 4. The highest BCUT2D eigenvalue weighted by Crippen LogP contribution is 2.28. The molecule has 4 nitrogen and oxygen atoms in total. The van der Waals surface area contributed by atoms with Gasteiger partial charge in [-0.3, -0.25) is 0 Å². The van der Waals surface area contributed by atoms with Gasteiger partial charge in [-0.15, -0.1) is 0 Å². The minimum Gasteiger partial charge on any atom is -0.497 e. The molecular weight excluding hydrogens is 314 g/mol. The van der Waals surface area contributed by atoms with Gasteiger partial charge in [0.15, 0.2) is 6.04 Å². The molecule has 25 heavy (non-hydrogen) atoms. The number of carbonyl (C=O) groups excluding carboxylic acids is 1. The van der Waals surface area contributed by atoms with E-state index in [1.807, 2.05) is 73.7 Å². The average Bonchev–Trinajstić information content (AvgIpc) is 2.66. The van der Waals surface area contributed by atoms with E-state index in [2.05, 4.69) is 5.32 Å². The first-order valence-electron chi connectivity index (χ1n) is 8.28. The normalized spacial score (nSPS) is 11.8. The van der Waals surface area contributed by atoms with E-state index in [0.717, 1.165) is 27.8 Å². The fourth-order valence-corrected chi connectivity index (χ4v) is 2.85. The summed E-state index contributed by atoms with van der Waals surface area (Å²) in [6, 6.07) is 20.9. The molecule has 1 atom stereocenters. The van der Waals surface area contributed by atoms with E-state index < -0.39 is 6.04 Å². The van der Waals surface area contributed by atoms with Crippen LogP contribution in [0.1, 0.15) is 18.5 Å². The Morgan fingerprint density at radius 1 is 1.00 bits per heavy atom. The summed E-state index contributed by atoms with van der Waals surface area (Å²) in [4.78, 5) is 12.6. The topological polar surface area (TPSA) is 47.6 Å². The molecule has 3 aromatic carbocycles. The number of methoxy groups -OCH3 is 1. The number of fused-ring (bicyclic) bond motifs is 1. The quantitative estimate of drug-likeness (QED) is 0.671. The van der Waals surface area contributed by atoms with E-state index in [4.69, 9.17) is 9.47 Å². The molecule has 0 radical (unpaired) electrons. The van der Waals surface area contributed by atoms with Gasteiger partial charge in [-0.05, 0) is 47.5 Å². The van der Waals surface area contributed by atoms with Gasteiger partial charge < -0.3 is 14.8 Å². The Labute approximate surface area is 147 Å². The van der Waals surface area contributed by atoms with E-state index >= 15 is 0 Å². The SMILES string of the molecule is CCOC(=O)[C@@H](Nc1ccc(OC)cc1)c1cccc2ccccc12. The maximum absolute atomic E-state index is 12.6. The minimum atomic E-state index is -0.584. The van der Waals surface area contributed by atoms with Gasteiger partial charge in [0.05, 0.1) is 13.7 Å². The van der Waals surface area contributed by atoms with Crippen LogP contribution in [0.5, 0.6) is 5.75 Å². The van der Waals surface area contributed by atoms with Crippen LogP contribution in [0.15, 0.2) is 66.7 Å². The second kappa shape index (κ2) is 7.71. The van der Waals surface area contributed by atoms with Crippen LogP contribution in [0.2, 0.25) is 0 Å². The Kier molecular flexibility index (Phi) is 5.19. The second-order valence-electron chi connectivity index (χ2n) is 5.63. The summed E-state index contributed by atoms with van der Waals surface area (Å²) in [5.74, 6) is 0.470. The van der Waals surface area contributed by atoms with Crippen LogP contribution in [0, 0.1) is 0 Å². The van der Waals surface area contributed by atoms with Crippen LogP contribution < -0.4 is 10.1 Å². The Balaban J connectivity index is 2.00. The van der Waals surface area contributed by atoms with Crippen molar-refractivity contribution in [1.29, 1.82) is 0 Å². The van der Waals surface area contributed by atoms with Gasteiger partial charge in [0.1, 0.15) is 5.75 Å². The van der Waals surface area contributed by atoms with Crippen molar-refractivity contribution in [2.75, 3.05) is 19.0 Å². The summed E-state index contributed by atoms with van der Waals surface area (Å²) in [6.07, 6.45) is 0. The van der Waals surface area contributed by atoms with E-state index in [1.54, 1.807) is 7.11 Å². The van der Waals surface area contributed by atoms with Crippen LogP contribution in [0.25, 0.3) is 10.8 Å². The third kappa shape index (κ3) is 3.74. The predicted molar refractivity (Wildman–Crippen MR) is 99.9 cm³/mol. The molecule has 128 valence electrons. The standard InChI is InChI=1S/C21H21NO3/c1-3-25-21(23)20(22-16-11-13-17(24-2)14-12-16)19-10-6-8-15-7-4-5-9-18(15)19/h4-14,20,22H,3H2,1-2H3/t20-/m0/s1. The lowest BCUT2D eigenvalue weighted by atomic mass is 9.98. The largest absolute Gasteiger partial charge is 0.497 e. The van der Waals surface area contributed by atoms with E-state index in [1.165, 1.54) is 0 Å². The van der Waals surface area contributed by atoms with Gasteiger partial charge in [0.2, 0.25) is 0 Å². The van der Waals surface area contributed by atoms with Crippen molar-refractivity contribution in [3.8, 4) is 5.75 Å². The van der Waals surface area contributed by atoms with Crippen molar-refractivity contribution < 1.29 is 14.3 Å². The van der Waals surface area contributed by atoms with Crippen molar-refractivity contribution >= 4 is 22.4 Å². The fourth-order valence-electron chi connectivity index (χ4n) is 2.85. The molecule has 0 saturated heterocycles. The second-order valence-corrected chi connectivity index (χ2v) is 5.63. The Morgan fingerprint density at radius 2 is 1.72 bits per heavy atom. The summed E-state index contributed by atoms with van der Waals surface area (Å²) in [5.41, 5.74) is 1.72. The first-order chi connectivity index (χ1) is 12.2. The molecular formula is C21H21NO3. The summed E-state index contributed by atoms with van der Waals surface area (Å²) in [5, 5.41) is 5.41. The van der Waals surface area contributed by atoms with Crippen LogP contribution >= 0.6 is 0 Å². The molecule has 0 fully saturated rings. The highest BCUT2D eigenvalue weighted by atomic mass is 16.5. The van der Waals surface area contributed by atoms with E-state index in [0.29, 0.717) is 6.61 Å². The van der Waals surface area contributed by atoms with Gasteiger partial charge in [0, 0.05) is 5.69 Å². The van der Waals surface area contributed by atoms with Gasteiger partial charge in [-0.2, -0.15) is 0 Å². The summed E-state index contributed by atoms with van der Waals surface area (Å²) in [6.45, 7) is 2.15. The lowest BCUT2D eigenvalue weighted by Crippen LogP contribution is -2.23. The number of anilines is 1. The maximum Gasteiger partial charge on any atom is 0.333 e. The van der Waals surface area contributed by atoms with Gasteiger partial charge >= 0.3 is 5.97 Å². The monoisotopic (exact) mass is 335 g/mol. The Hall–Kier alpha value is -3.01. The van der Waals surface area contributed by atoms with Gasteiger partial charge in [-0.1, -0.05) is 42.5 Å². The molecule has 4 heteroatoms. The number of esters is 1. The molecule has 3 rings (SSSR count). The Morgan fingerprint density at radius 3 is 2.44 bits per heavy atom. The van der Waals surface area contributed by atoms with E-state index in [-0.39, 0.29) is 5.97 Å². The molecule has 0 aliphatic heterocycles. The molecule has 0 bridgehead atoms. The fraction of sp³-hybridized carbons (Fsp3) is 0.190. The number of ether oxygens (including phenoxy) is 2. The molecule has 0 aromatic heterocycles. The molecule has 0 spiro atoms. The van der Waals surface area contributed by atoms with Crippen molar-refractivity contribution in [1.82, 2.24) is 0 Å². The summed E-state index contributed by atoms with van der Waals surface area (Å²) < 4.78 is 10.5. The zero-order valence-corrected chi connectivity index (χ0v) is 14.4. The first kappa shape index (κ1) is 16.8. The summed E-state index contributed by atoms with van der Waals surface area (Å²) >= 11 is 0. The van der Waals surface area contributed by atoms with Gasteiger partial charge in [0.25, 0.3) is 0 Å². The average molecular weight is 335 g/mol. The molecule has 0 unspecified atom stereocenters. The predicted octanol–water partition coefficient (Wildman–Crippen LogP) is 4.56. The van der Waals surface area contributed by atoms with Crippen LogP contribution in [0.4, 0.5) is 5.69 Å². The minimum absolute atomic E-state index is 0.297. The zero-order chi connectivity index (χ0) is 17.6. The number of benzene rings is 3. The molecule has 0 heterocycles. The number of nitrogens with one attached hydrogen (secondary N) is 1. The van der Waals surface area contributed by atoms with Crippen LogP contribution in [-0.4, -0.2) is 19.7 Å². The van der Waals surface area contributed by atoms with Crippen LogP contribution in [0.3, 0.4) is 0 Å². The highest BCUT2D eigenvalue weighted by molar-refractivity contribution is 5.92. The van der Waals surface area contributed by atoms with Gasteiger partial charge in [-0.25, -0.2) is 4.79 Å². The molecule has 0 aliphatic rings. The molecule has 0 amide bonds. The first-order valence-corrected chi connectivity index (χ1v) is 8.28. The third-order valence-electron chi connectivity index (χ3n) is 4.06. The molecule has 0 aliphatic carbocycles. The summed E-state index contributed by atoms with van der Waals surface area (Å²) in [7, 11) is 1.62. The van der Waals surface area contributed by atoms with Crippen molar-refractivity contribution in [3.63, 3.8) is 0 Å². The van der Waals surface area contributed by atoms with Crippen molar-refractivity contribution in [2.24, 2.45) is 0 Å². The lowest BCUT2D eigenvalue weighted by molar-refractivity contribution is -0.144. The number of rotatable bonds is 6. The number of carbonyl (C=O) groups is 1. The third-order valence-corrected chi connectivity index (χ3v) is 4.06. The highest BCUT2D eigenvalue weighted by Gasteiger charge is 2.23. The zero-order valence-electron chi connectivity index (χ0n) is 14.4. The number of hydrogen-bond donors (Lipinski definition) is 1. The van der Waals surface area contributed by atoms with Crippen molar-refractivity contribution in [3.05, 3.63) is 72.3 Å². The van der Waals surface area contributed by atoms with Crippen LogP contribution in [-0.2, 0) is 9.53 Å². The van der Waals surface area contributed by atoms with E-state index in [9.17, 15) is 4.79 Å². The lowest BCUT2D eigenvalue weighted by Gasteiger charge is -2.20. The molecule has 0 saturated carbocycles. The maximum atomic E-state index is 12.6. The Bertz CT molecular complexity index is 853. The molecule has 3 aromatic rings.